The lowest BCUT2D eigenvalue weighted by molar-refractivity contribution is 0.562. The van der Waals surface area contributed by atoms with E-state index in [0.717, 1.165) is 17.2 Å². The van der Waals surface area contributed by atoms with Crippen LogP contribution in [0.5, 0.6) is 0 Å². The van der Waals surface area contributed by atoms with Crippen LogP contribution in [-0.4, -0.2) is 23.2 Å². The van der Waals surface area contributed by atoms with Gasteiger partial charge in [-0.1, -0.05) is 24.3 Å². The van der Waals surface area contributed by atoms with E-state index in [-0.39, 0.29) is 17.5 Å². The molecule has 0 atom stereocenters. The third-order valence-corrected chi connectivity index (χ3v) is 7.14. The Morgan fingerprint density at radius 1 is 0.944 bits per heavy atom. The molecule has 36 heavy (non-hydrogen) atoms. The van der Waals surface area contributed by atoms with Gasteiger partial charge in [-0.3, -0.25) is 14.5 Å². The summed E-state index contributed by atoms with van der Waals surface area (Å²) in [4.78, 5) is 17.9. The van der Waals surface area contributed by atoms with Crippen LogP contribution in [0.2, 0.25) is 0 Å². The summed E-state index contributed by atoms with van der Waals surface area (Å²) in [5, 5.41) is 5.55. The number of sulfonamides is 1. The van der Waals surface area contributed by atoms with Crippen LogP contribution in [0.25, 0.3) is 32.8 Å². The monoisotopic (exact) mass is 506 g/mol. The minimum Gasteiger partial charge on any atom is -0.289 e. The summed E-state index contributed by atoms with van der Waals surface area (Å²) in [6.07, 6.45) is 5.18. The number of rotatable bonds is 6. The molecule has 0 unspecified atom stereocenters. The third-order valence-electron chi connectivity index (χ3n) is 5.84. The highest BCUT2D eigenvalue weighted by Crippen LogP contribution is 2.22. The van der Waals surface area contributed by atoms with Gasteiger partial charge >= 0.3 is 0 Å². The van der Waals surface area contributed by atoms with Gasteiger partial charge in [-0.2, -0.15) is 5.10 Å². The van der Waals surface area contributed by atoms with Gasteiger partial charge in [-0.05, 0) is 35.2 Å². The smallest absolute Gasteiger partial charge is 0.216 e. The highest BCUT2D eigenvalue weighted by atomic mass is 32.2. The average molecular weight is 507 g/mol. The molecular weight excluding hydrogens is 486 g/mol. The third kappa shape index (κ3) is 4.86. The van der Waals surface area contributed by atoms with Gasteiger partial charge in [0.05, 0.1) is 17.5 Å². The quantitative estimate of drug-likeness (QED) is 0.375. The SMILES string of the molecule is Cn1cc(-c2cnc3ccc4ccc(CS(=O)(=O)NCc5ccc(F)cc5F)cc4c(=O)c3c2)cn1. The van der Waals surface area contributed by atoms with E-state index in [2.05, 4.69) is 14.8 Å². The topological polar surface area (TPSA) is 94.0 Å². The van der Waals surface area contributed by atoms with Crippen molar-refractivity contribution in [3.63, 3.8) is 0 Å². The number of aromatic nitrogens is 3. The molecule has 0 radical (unpaired) electrons. The summed E-state index contributed by atoms with van der Waals surface area (Å²) < 4.78 is 56.2. The number of aryl methyl sites for hydroxylation is 1. The first-order valence-corrected chi connectivity index (χ1v) is 12.6. The molecule has 0 aliphatic carbocycles. The molecule has 3 aromatic carbocycles. The Morgan fingerprint density at radius 2 is 1.75 bits per heavy atom. The van der Waals surface area contributed by atoms with Gasteiger partial charge in [0.25, 0.3) is 0 Å². The van der Waals surface area contributed by atoms with Gasteiger partial charge in [0.2, 0.25) is 10.0 Å². The number of pyridine rings is 1. The van der Waals surface area contributed by atoms with E-state index in [9.17, 15) is 22.0 Å². The van der Waals surface area contributed by atoms with Crippen molar-refractivity contribution in [2.24, 2.45) is 7.05 Å². The Balaban J connectivity index is 1.48. The summed E-state index contributed by atoms with van der Waals surface area (Å²) in [6.45, 7) is -0.322. The summed E-state index contributed by atoms with van der Waals surface area (Å²) in [6, 6.07) is 13.1. The number of nitrogens with zero attached hydrogens (tertiary/aromatic N) is 3. The first-order chi connectivity index (χ1) is 17.2. The fourth-order valence-corrected chi connectivity index (χ4v) is 5.09. The molecule has 2 aromatic heterocycles. The number of nitrogens with one attached hydrogen (secondary N) is 1. The minimum atomic E-state index is -3.88. The largest absolute Gasteiger partial charge is 0.289 e. The van der Waals surface area contributed by atoms with E-state index in [1.807, 2.05) is 6.20 Å². The first kappa shape index (κ1) is 23.7. The maximum absolute atomic E-state index is 13.9. The van der Waals surface area contributed by atoms with Gasteiger partial charge in [0.15, 0.2) is 5.43 Å². The second-order valence-electron chi connectivity index (χ2n) is 8.46. The molecule has 0 saturated carbocycles. The van der Waals surface area contributed by atoms with Gasteiger partial charge in [-0.25, -0.2) is 21.9 Å². The summed E-state index contributed by atoms with van der Waals surface area (Å²) in [5.74, 6) is -1.99. The molecule has 0 aliphatic rings. The number of hydrogen-bond acceptors (Lipinski definition) is 5. The van der Waals surface area contributed by atoms with Crippen LogP contribution in [0.15, 0.2) is 78.0 Å². The van der Waals surface area contributed by atoms with Crippen LogP contribution in [0.1, 0.15) is 11.1 Å². The van der Waals surface area contributed by atoms with Crippen LogP contribution in [0, 0.1) is 11.6 Å². The molecule has 10 heteroatoms. The molecule has 0 aliphatic heterocycles. The van der Waals surface area contributed by atoms with E-state index in [1.165, 1.54) is 6.07 Å². The van der Waals surface area contributed by atoms with Crippen molar-refractivity contribution >= 4 is 31.7 Å². The van der Waals surface area contributed by atoms with Crippen molar-refractivity contribution in [2.45, 2.75) is 12.3 Å². The lowest BCUT2D eigenvalue weighted by Gasteiger charge is -2.08. The fourth-order valence-electron chi connectivity index (χ4n) is 3.99. The van der Waals surface area contributed by atoms with E-state index in [4.69, 9.17) is 0 Å². The summed E-state index contributed by atoms with van der Waals surface area (Å²) >= 11 is 0. The maximum Gasteiger partial charge on any atom is 0.216 e. The average Bonchev–Trinajstić information content (AvgIpc) is 3.22. The number of hydrogen-bond donors (Lipinski definition) is 1. The minimum absolute atomic E-state index is 0.0238. The number of halogens is 2. The Hall–Kier alpha value is -4.02. The number of benzene rings is 2. The predicted octanol–water partition coefficient (Wildman–Crippen LogP) is 4.05. The highest BCUT2D eigenvalue weighted by molar-refractivity contribution is 7.88. The van der Waals surface area contributed by atoms with E-state index >= 15 is 0 Å². The lowest BCUT2D eigenvalue weighted by atomic mass is 10.1. The van der Waals surface area contributed by atoms with Crippen LogP contribution in [0.3, 0.4) is 0 Å². The van der Waals surface area contributed by atoms with E-state index in [0.29, 0.717) is 33.3 Å². The molecule has 0 spiro atoms. The normalized spacial score (nSPS) is 11.9. The Labute approximate surface area is 205 Å². The fraction of sp³-hybridized carbons (Fsp3) is 0.115. The summed E-state index contributed by atoms with van der Waals surface area (Å²) in [7, 11) is -2.08. The van der Waals surface area contributed by atoms with Crippen LogP contribution >= 0.6 is 0 Å². The van der Waals surface area contributed by atoms with Crippen molar-refractivity contribution in [2.75, 3.05) is 0 Å². The summed E-state index contributed by atoms with van der Waals surface area (Å²) in [5.41, 5.74) is 2.21. The van der Waals surface area contributed by atoms with E-state index < -0.39 is 27.4 Å². The lowest BCUT2D eigenvalue weighted by Crippen LogP contribution is -2.25. The Kier molecular flexibility index (Phi) is 6.07. The van der Waals surface area contributed by atoms with Crippen LogP contribution < -0.4 is 10.2 Å². The zero-order valence-corrected chi connectivity index (χ0v) is 19.9. The second-order valence-corrected chi connectivity index (χ2v) is 10.3. The molecule has 1 N–H and O–H groups in total. The Bertz CT molecular complexity index is 1800. The van der Waals surface area contributed by atoms with Crippen molar-refractivity contribution in [1.82, 2.24) is 19.5 Å². The maximum atomic E-state index is 13.9. The molecule has 2 heterocycles. The molecule has 182 valence electrons. The molecule has 5 aromatic rings. The zero-order chi connectivity index (χ0) is 25.4. The molecule has 7 nitrogen and oxygen atoms in total. The van der Waals surface area contributed by atoms with E-state index in [1.54, 1.807) is 60.5 Å². The molecular formula is C26H20F2N4O3S. The predicted molar refractivity (Wildman–Crippen MR) is 134 cm³/mol. The van der Waals surface area contributed by atoms with Gasteiger partial charge in [-0.15, -0.1) is 0 Å². The van der Waals surface area contributed by atoms with Gasteiger partial charge in [0, 0.05) is 59.5 Å². The molecule has 0 saturated heterocycles. The van der Waals surface area contributed by atoms with Crippen LogP contribution in [-0.2, 0) is 29.4 Å². The molecule has 0 amide bonds. The zero-order valence-electron chi connectivity index (χ0n) is 19.1. The van der Waals surface area contributed by atoms with Crippen molar-refractivity contribution in [3.05, 3.63) is 106 Å². The Morgan fingerprint density at radius 3 is 2.50 bits per heavy atom. The first-order valence-electron chi connectivity index (χ1n) is 10.9. The number of fused-ring (bicyclic) bond motifs is 2. The second kappa shape index (κ2) is 9.21. The standard InChI is InChI=1S/C26H20F2N4O3S/c1-32-14-20(12-30-32)19-9-23-25(29-11-19)7-5-17-3-2-16(8-22(17)26(23)33)15-36(34,35)31-13-18-4-6-21(27)10-24(18)28/h2-12,14,31H,13,15H2,1H3. The molecule has 0 bridgehead atoms. The molecule has 0 fully saturated rings. The van der Waals surface area contributed by atoms with Gasteiger partial charge < -0.3 is 0 Å². The van der Waals surface area contributed by atoms with Crippen molar-refractivity contribution in [1.29, 1.82) is 0 Å². The van der Waals surface area contributed by atoms with Crippen molar-refractivity contribution < 1.29 is 17.2 Å². The molecule has 5 rings (SSSR count). The van der Waals surface area contributed by atoms with Crippen molar-refractivity contribution in [3.8, 4) is 11.1 Å². The highest BCUT2D eigenvalue weighted by Gasteiger charge is 2.15. The van der Waals surface area contributed by atoms with Gasteiger partial charge in [0.1, 0.15) is 11.6 Å². The van der Waals surface area contributed by atoms with Crippen LogP contribution in [0.4, 0.5) is 8.78 Å².